The molecule has 0 unspecified atom stereocenters. The Morgan fingerprint density at radius 1 is 0.414 bits per heavy atom. The first-order valence-corrected chi connectivity index (χ1v) is 19.8. The second-order valence-corrected chi connectivity index (χ2v) is 15.0. The van der Waals surface area contributed by atoms with Gasteiger partial charge in [-0.2, -0.15) is 0 Å². The highest BCUT2D eigenvalue weighted by atomic mass is 15.0. The molecule has 0 spiro atoms. The standard InChI is InChI=1S/C54H38N4/c55-54(56-53-40(30-29-39-15-4-5-18-44(39)53)33-36-25-27-38(28-26-36)37-13-2-1-3-14-37)41-16-12-17-42(34-41)57-51-24-11-8-21-47(51)48-35-43(31-32-52(48)57)58-49-22-9-6-19-45(49)46-20-7-10-23-50(46)58/h1-32,34-35H,33H2,(H2,55,56). The molecule has 4 heteroatoms. The number of amidine groups is 1. The molecule has 0 atom stereocenters. The van der Waals surface area contributed by atoms with Crippen LogP contribution in [0.2, 0.25) is 0 Å². The molecule has 2 aromatic heterocycles. The molecule has 9 aromatic carbocycles. The highest BCUT2D eigenvalue weighted by Gasteiger charge is 2.17. The van der Waals surface area contributed by atoms with Crippen LogP contribution in [0.1, 0.15) is 16.7 Å². The minimum atomic E-state index is 0.480. The molecule has 0 fully saturated rings. The Hall–Kier alpha value is -7.69. The number of hydrogen-bond acceptors (Lipinski definition) is 1. The fourth-order valence-corrected chi connectivity index (χ4v) is 8.81. The SMILES string of the molecule is NC(=Nc1c(Cc2ccc(-c3ccccc3)cc2)ccc2ccccc12)c1cccc(-n2c3ccccc3c3cc(-n4c5ccccc5c5ccccc54)ccc32)c1. The number of rotatable bonds is 7. The van der Waals surface area contributed by atoms with E-state index < -0.39 is 0 Å². The van der Waals surface area contributed by atoms with Crippen LogP contribution < -0.4 is 5.73 Å². The average molecular weight is 743 g/mol. The summed E-state index contributed by atoms with van der Waals surface area (Å²) in [5.74, 6) is 0.480. The summed E-state index contributed by atoms with van der Waals surface area (Å²) in [7, 11) is 0. The molecule has 0 radical (unpaired) electrons. The van der Waals surface area contributed by atoms with E-state index in [9.17, 15) is 0 Å². The first kappa shape index (κ1) is 33.6. The number of nitrogens with two attached hydrogens (primary N) is 1. The number of nitrogens with zero attached hydrogens (tertiary/aromatic N) is 3. The Labute approximate surface area is 336 Å². The van der Waals surface area contributed by atoms with Gasteiger partial charge in [0.15, 0.2) is 0 Å². The smallest absolute Gasteiger partial charge is 0.131 e. The molecular weight excluding hydrogens is 705 g/mol. The minimum Gasteiger partial charge on any atom is -0.383 e. The number of benzene rings is 9. The normalized spacial score (nSPS) is 12.0. The summed E-state index contributed by atoms with van der Waals surface area (Å²) >= 11 is 0. The molecule has 274 valence electrons. The molecule has 2 heterocycles. The van der Waals surface area contributed by atoms with Gasteiger partial charge in [-0.1, -0.05) is 158 Å². The molecule has 2 N–H and O–H groups in total. The van der Waals surface area contributed by atoms with Gasteiger partial charge in [0.2, 0.25) is 0 Å². The summed E-state index contributed by atoms with van der Waals surface area (Å²) in [6.45, 7) is 0. The highest BCUT2D eigenvalue weighted by molar-refractivity contribution is 6.12. The van der Waals surface area contributed by atoms with Gasteiger partial charge in [0.25, 0.3) is 0 Å². The number of aromatic nitrogens is 2. The van der Waals surface area contributed by atoms with E-state index in [0.29, 0.717) is 5.84 Å². The summed E-state index contributed by atoms with van der Waals surface area (Å²) in [6.07, 6.45) is 0.740. The van der Waals surface area contributed by atoms with Crippen LogP contribution in [-0.2, 0) is 6.42 Å². The predicted octanol–water partition coefficient (Wildman–Crippen LogP) is 13.3. The second kappa shape index (κ2) is 13.8. The second-order valence-electron chi connectivity index (χ2n) is 15.0. The highest BCUT2D eigenvalue weighted by Crippen LogP contribution is 2.38. The maximum atomic E-state index is 7.02. The summed E-state index contributed by atoms with van der Waals surface area (Å²) in [5.41, 5.74) is 20.4. The quantitative estimate of drug-likeness (QED) is 0.128. The molecular formula is C54H38N4. The van der Waals surface area contributed by atoms with Crippen molar-refractivity contribution in [2.75, 3.05) is 0 Å². The lowest BCUT2D eigenvalue weighted by Gasteiger charge is -2.13. The average Bonchev–Trinajstić information content (AvgIpc) is 3.80. The first-order chi connectivity index (χ1) is 28.7. The van der Waals surface area contributed by atoms with Gasteiger partial charge in [0.1, 0.15) is 5.84 Å². The molecule has 0 saturated carbocycles. The van der Waals surface area contributed by atoms with E-state index >= 15 is 0 Å². The van der Waals surface area contributed by atoms with E-state index in [4.69, 9.17) is 10.7 Å². The third-order valence-corrected chi connectivity index (χ3v) is 11.6. The van der Waals surface area contributed by atoms with Crippen LogP contribution in [0, 0.1) is 0 Å². The van der Waals surface area contributed by atoms with Gasteiger partial charge in [0.05, 0.1) is 27.8 Å². The zero-order valence-corrected chi connectivity index (χ0v) is 31.8. The minimum absolute atomic E-state index is 0.480. The fourth-order valence-electron chi connectivity index (χ4n) is 8.81. The van der Waals surface area contributed by atoms with E-state index in [2.05, 4.69) is 215 Å². The lowest BCUT2D eigenvalue weighted by Crippen LogP contribution is -2.13. The Bertz CT molecular complexity index is 3310. The van der Waals surface area contributed by atoms with Crippen LogP contribution in [0.5, 0.6) is 0 Å². The van der Waals surface area contributed by atoms with Gasteiger partial charge in [-0.15, -0.1) is 0 Å². The van der Waals surface area contributed by atoms with Crippen molar-refractivity contribution in [2.24, 2.45) is 10.7 Å². The third kappa shape index (κ3) is 5.65. The zero-order valence-electron chi connectivity index (χ0n) is 31.8. The maximum Gasteiger partial charge on any atom is 0.131 e. The number of hydrogen-bond donors (Lipinski definition) is 1. The van der Waals surface area contributed by atoms with Crippen molar-refractivity contribution in [3.8, 4) is 22.5 Å². The molecule has 0 bridgehead atoms. The van der Waals surface area contributed by atoms with Crippen LogP contribution in [0.3, 0.4) is 0 Å². The van der Waals surface area contributed by atoms with Crippen molar-refractivity contribution in [3.05, 3.63) is 223 Å². The van der Waals surface area contributed by atoms with Crippen LogP contribution in [0.25, 0.3) is 76.9 Å². The van der Waals surface area contributed by atoms with Gasteiger partial charge in [0, 0.05) is 43.9 Å². The van der Waals surface area contributed by atoms with Gasteiger partial charge in [-0.3, -0.25) is 0 Å². The molecule has 58 heavy (non-hydrogen) atoms. The Morgan fingerprint density at radius 3 is 1.66 bits per heavy atom. The van der Waals surface area contributed by atoms with Crippen molar-refractivity contribution in [3.63, 3.8) is 0 Å². The van der Waals surface area contributed by atoms with Crippen LogP contribution in [-0.4, -0.2) is 15.0 Å². The molecule has 4 nitrogen and oxygen atoms in total. The van der Waals surface area contributed by atoms with Crippen LogP contribution in [0.15, 0.2) is 211 Å². The molecule has 11 aromatic rings. The molecule has 0 amide bonds. The van der Waals surface area contributed by atoms with Crippen LogP contribution >= 0.6 is 0 Å². The topological polar surface area (TPSA) is 48.2 Å². The van der Waals surface area contributed by atoms with Crippen molar-refractivity contribution in [1.82, 2.24) is 9.13 Å². The molecule has 11 rings (SSSR count). The van der Waals surface area contributed by atoms with Crippen LogP contribution in [0.4, 0.5) is 5.69 Å². The Morgan fingerprint density at radius 2 is 0.966 bits per heavy atom. The maximum absolute atomic E-state index is 7.02. The molecule has 0 saturated heterocycles. The van der Waals surface area contributed by atoms with E-state index in [-0.39, 0.29) is 0 Å². The molecule has 0 aliphatic rings. The lowest BCUT2D eigenvalue weighted by atomic mass is 9.97. The molecule has 0 aliphatic carbocycles. The largest absolute Gasteiger partial charge is 0.383 e. The monoisotopic (exact) mass is 742 g/mol. The van der Waals surface area contributed by atoms with Crippen molar-refractivity contribution in [1.29, 1.82) is 0 Å². The Kier molecular flexibility index (Phi) is 8.00. The number of fused-ring (bicyclic) bond motifs is 7. The van der Waals surface area contributed by atoms with Crippen molar-refractivity contribution < 1.29 is 0 Å². The van der Waals surface area contributed by atoms with E-state index in [1.807, 2.05) is 0 Å². The Balaban J connectivity index is 1.00. The summed E-state index contributed by atoms with van der Waals surface area (Å²) in [4.78, 5) is 5.24. The van der Waals surface area contributed by atoms with Gasteiger partial charge in [-0.05, 0) is 82.6 Å². The predicted molar refractivity (Wildman–Crippen MR) is 244 cm³/mol. The summed E-state index contributed by atoms with van der Waals surface area (Å²) in [5, 5.41) is 7.12. The number of para-hydroxylation sites is 3. The summed E-state index contributed by atoms with van der Waals surface area (Å²) in [6, 6.07) is 73.5. The first-order valence-electron chi connectivity index (χ1n) is 19.8. The van der Waals surface area contributed by atoms with Crippen molar-refractivity contribution >= 4 is 65.9 Å². The van der Waals surface area contributed by atoms with Gasteiger partial charge in [-0.25, -0.2) is 4.99 Å². The van der Waals surface area contributed by atoms with E-state index in [1.165, 1.54) is 49.3 Å². The van der Waals surface area contributed by atoms with E-state index in [0.717, 1.165) is 56.4 Å². The number of aliphatic imine (C=N–C) groups is 1. The molecule has 0 aliphatic heterocycles. The third-order valence-electron chi connectivity index (χ3n) is 11.6. The van der Waals surface area contributed by atoms with Crippen molar-refractivity contribution in [2.45, 2.75) is 6.42 Å². The van der Waals surface area contributed by atoms with Gasteiger partial charge >= 0.3 is 0 Å². The van der Waals surface area contributed by atoms with E-state index in [1.54, 1.807) is 0 Å². The lowest BCUT2D eigenvalue weighted by molar-refractivity contribution is 1.16. The zero-order chi connectivity index (χ0) is 38.6. The fraction of sp³-hybridized carbons (Fsp3) is 0.0185. The van der Waals surface area contributed by atoms with Gasteiger partial charge < -0.3 is 14.9 Å². The summed E-state index contributed by atoms with van der Waals surface area (Å²) < 4.78 is 4.73.